The maximum absolute atomic E-state index is 13.2. The SMILES string of the molecule is OCC1CC(F)(F)CN1c1nc(Cl)ncc1O. The third-order valence-electron chi connectivity index (χ3n) is 2.58. The molecule has 0 aromatic carbocycles. The van der Waals surface area contributed by atoms with Crippen LogP contribution in [0.2, 0.25) is 5.28 Å². The normalized spacial score (nSPS) is 23.1. The van der Waals surface area contributed by atoms with Crippen molar-refractivity contribution in [2.75, 3.05) is 18.1 Å². The maximum Gasteiger partial charge on any atom is 0.267 e. The van der Waals surface area contributed by atoms with E-state index < -0.39 is 31.5 Å². The molecule has 0 aliphatic carbocycles. The Morgan fingerprint density at radius 2 is 2.29 bits per heavy atom. The summed E-state index contributed by atoms with van der Waals surface area (Å²) in [7, 11) is 0. The Bertz CT molecular complexity index is 433. The van der Waals surface area contributed by atoms with Crippen molar-refractivity contribution in [1.82, 2.24) is 9.97 Å². The number of nitrogens with zero attached hydrogens (tertiary/aromatic N) is 3. The van der Waals surface area contributed by atoms with Crippen LogP contribution in [0, 0.1) is 0 Å². The van der Waals surface area contributed by atoms with Gasteiger partial charge in [0.15, 0.2) is 11.6 Å². The number of halogens is 3. The van der Waals surface area contributed by atoms with Crippen LogP contribution >= 0.6 is 11.6 Å². The highest BCUT2D eigenvalue weighted by Gasteiger charge is 2.46. The molecule has 0 radical (unpaired) electrons. The number of alkyl halides is 2. The van der Waals surface area contributed by atoms with Crippen molar-refractivity contribution in [2.24, 2.45) is 0 Å². The summed E-state index contributed by atoms with van der Waals surface area (Å²) in [6, 6.07) is -0.790. The van der Waals surface area contributed by atoms with Gasteiger partial charge in [-0.1, -0.05) is 0 Å². The van der Waals surface area contributed by atoms with Crippen molar-refractivity contribution >= 4 is 17.4 Å². The topological polar surface area (TPSA) is 69.5 Å². The summed E-state index contributed by atoms with van der Waals surface area (Å²) < 4.78 is 26.5. The summed E-state index contributed by atoms with van der Waals surface area (Å²) in [5, 5.41) is 18.4. The van der Waals surface area contributed by atoms with Gasteiger partial charge in [-0.25, -0.2) is 13.8 Å². The summed E-state index contributed by atoms with van der Waals surface area (Å²) in [6.07, 6.45) is 0.556. The Kier molecular flexibility index (Phi) is 3.05. The maximum atomic E-state index is 13.2. The van der Waals surface area contributed by atoms with Crippen LogP contribution in [-0.2, 0) is 0 Å². The number of rotatable bonds is 2. The van der Waals surface area contributed by atoms with Gasteiger partial charge < -0.3 is 15.1 Å². The van der Waals surface area contributed by atoms with Crippen molar-refractivity contribution in [2.45, 2.75) is 18.4 Å². The molecule has 2 heterocycles. The zero-order chi connectivity index (χ0) is 12.6. The van der Waals surface area contributed by atoms with Crippen molar-refractivity contribution in [3.63, 3.8) is 0 Å². The molecule has 1 saturated heterocycles. The number of anilines is 1. The van der Waals surface area contributed by atoms with Crippen molar-refractivity contribution in [3.05, 3.63) is 11.5 Å². The average Bonchev–Trinajstić information content (AvgIpc) is 2.57. The molecule has 1 unspecified atom stereocenters. The lowest BCUT2D eigenvalue weighted by Gasteiger charge is -2.23. The Morgan fingerprint density at radius 1 is 1.59 bits per heavy atom. The quantitative estimate of drug-likeness (QED) is 0.782. The molecule has 1 aliphatic rings. The molecule has 2 N–H and O–H groups in total. The van der Waals surface area contributed by atoms with Crippen LogP contribution in [0.1, 0.15) is 6.42 Å². The van der Waals surface area contributed by atoms with E-state index in [1.165, 1.54) is 0 Å². The fraction of sp³-hybridized carbons (Fsp3) is 0.556. The molecule has 8 heteroatoms. The van der Waals surface area contributed by atoms with Gasteiger partial charge in [0, 0.05) is 6.42 Å². The third kappa shape index (κ3) is 2.39. The molecule has 1 aliphatic heterocycles. The second-order valence-electron chi connectivity index (χ2n) is 3.87. The lowest BCUT2D eigenvalue weighted by molar-refractivity contribution is 0.0201. The number of hydrogen-bond donors (Lipinski definition) is 2. The zero-order valence-electron chi connectivity index (χ0n) is 8.65. The second kappa shape index (κ2) is 4.23. The van der Waals surface area contributed by atoms with Crippen molar-refractivity contribution in [3.8, 4) is 5.75 Å². The largest absolute Gasteiger partial charge is 0.503 e. The zero-order valence-corrected chi connectivity index (χ0v) is 9.40. The summed E-state index contributed by atoms with van der Waals surface area (Å²) >= 11 is 5.55. The van der Waals surface area contributed by atoms with Gasteiger partial charge in [-0.05, 0) is 11.6 Å². The molecule has 1 aromatic heterocycles. The minimum absolute atomic E-state index is 0.0822. The number of aliphatic hydroxyl groups excluding tert-OH is 1. The van der Waals surface area contributed by atoms with Gasteiger partial charge in [0.1, 0.15) is 0 Å². The molecule has 5 nitrogen and oxygen atoms in total. The Hall–Kier alpha value is -1.21. The van der Waals surface area contributed by atoms with Gasteiger partial charge >= 0.3 is 0 Å². The number of aromatic nitrogens is 2. The van der Waals surface area contributed by atoms with Crippen LogP contribution in [-0.4, -0.2) is 45.3 Å². The van der Waals surface area contributed by atoms with E-state index in [4.69, 9.17) is 16.7 Å². The molecule has 0 spiro atoms. The minimum atomic E-state index is -2.92. The van der Waals surface area contributed by atoms with Crippen LogP contribution in [0.3, 0.4) is 0 Å². The van der Waals surface area contributed by atoms with E-state index in [0.717, 1.165) is 11.1 Å². The standard InChI is InChI=1S/C9H10ClF2N3O2/c10-8-13-2-6(17)7(14-8)15-4-9(11,12)1-5(15)3-16/h2,5,16-17H,1,3-4H2. The number of hydrogen-bond acceptors (Lipinski definition) is 5. The van der Waals surface area contributed by atoms with Crippen molar-refractivity contribution < 1.29 is 19.0 Å². The number of aliphatic hydroxyl groups is 1. The van der Waals surface area contributed by atoms with E-state index in [1.807, 2.05) is 0 Å². The van der Waals surface area contributed by atoms with E-state index in [0.29, 0.717) is 0 Å². The summed E-state index contributed by atoms with van der Waals surface area (Å²) in [5.74, 6) is -3.34. The Labute approximate surface area is 101 Å². The molecule has 0 saturated carbocycles. The van der Waals surface area contributed by atoms with Crippen LogP contribution in [0.25, 0.3) is 0 Å². The average molecular weight is 266 g/mol. The molecule has 2 rings (SSSR count). The fourth-order valence-corrected chi connectivity index (χ4v) is 1.99. The smallest absolute Gasteiger partial charge is 0.267 e. The van der Waals surface area contributed by atoms with Gasteiger partial charge in [0.25, 0.3) is 5.92 Å². The molecule has 17 heavy (non-hydrogen) atoms. The molecule has 1 fully saturated rings. The lowest BCUT2D eigenvalue weighted by Crippen LogP contribution is -2.33. The van der Waals surface area contributed by atoms with Gasteiger partial charge in [-0.3, -0.25) is 0 Å². The molecule has 1 aromatic rings. The predicted octanol–water partition coefficient (Wildman–Crippen LogP) is 1.04. The fourth-order valence-electron chi connectivity index (χ4n) is 1.87. The van der Waals surface area contributed by atoms with Gasteiger partial charge in [-0.15, -0.1) is 0 Å². The molecule has 0 bridgehead atoms. The van der Waals surface area contributed by atoms with Gasteiger partial charge in [0.05, 0.1) is 25.4 Å². The minimum Gasteiger partial charge on any atom is -0.503 e. The highest BCUT2D eigenvalue weighted by molar-refractivity contribution is 6.28. The summed E-state index contributed by atoms with van der Waals surface area (Å²) in [5.41, 5.74) is 0. The number of aromatic hydroxyl groups is 1. The Balaban J connectivity index is 2.35. The molecular formula is C9H10ClF2N3O2. The first kappa shape index (κ1) is 12.3. The monoisotopic (exact) mass is 265 g/mol. The van der Waals surface area contributed by atoms with E-state index in [-0.39, 0.29) is 16.9 Å². The van der Waals surface area contributed by atoms with Crippen LogP contribution in [0.15, 0.2) is 6.20 Å². The first-order valence-corrected chi connectivity index (χ1v) is 5.27. The van der Waals surface area contributed by atoms with E-state index in [1.54, 1.807) is 0 Å². The van der Waals surface area contributed by atoms with Crippen LogP contribution in [0.4, 0.5) is 14.6 Å². The molecule has 94 valence electrons. The molecule has 1 atom stereocenters. The van der Waals surface area contributed by atoms with E-state index in [2.05, 4.69) is 9.97 Å². The molecular weight excluding hydrogens is 256 g/mol. The summed E-state index contributed by atoms with van der Waals surface area (Å²) in [6.45, 7) is -1.06. The van der Waals surface area contributed by atoms with E-state index in [9.17, 15) is 13.9 Å². The second-order valence-corrected chi connectivity index (χ2v) is 4.21. The Morgan fingerprint density at radius 3 is 2.94 bits per heavy atom. The first-order valence-electron chi connectivity index (χ1n) is 4.90. The first-order chi connectivity index (χ1) is 7.93. The van der Waals surface area contributed by atoms with Crippen molar-refractivity contribution in [1.29, 1.82) is 0 Å². The summed E-state index contributed by atoms with van der Waals surface area (Å²) in [4.78, 5) is 8.37. The highest BCUT2D eigenvalue weighted by Crippen LogP contribution is 2.37. The van der Waals surface area contributed by atoms with Gasteiger partial charge in [-0.2, -0.15) is 4.98 Å². The van der Waals surface area contributed by atoms with Crippen LogP contribution in [0.5, 0.6) is 5.75 Å². The lowest BCUT2D eigenvalue weighted by atomic mass is 10.2. The molecule has 0 amide bonds. The van der Waals surface area contributed by atoms with Crippen LogP contribution < -0.4 is 4.90 Å². The van der Waals surface area contributed by atoms with Gasteiger partial charge in [0.2, 0.25) is 5.28 Å². The predicted molar refractivity (Wildman–Crippen MR) is 56.5 cm³/mol. The van der Waals surface area contributed by atoms with E-state index >= 15 is 0 Å². The highest BCUT2D eigenvalue weighted by atomic mass is 35.5. The third-order valence-corrected chi connectivity index (χ3v) is 2.76.